The molecule has 108 valence electrons. The van der Waals surface area contributed by atoms with Crippen LogP contribution in [0.4, 0.5) is 0 Å². The largest absolute Gasteiger partial charge is 0.459 e. The van der Waals surface area contributed by atoms with E-state index >= 15 is 0 Å². The molecule has 0 radical (unpaired) electrons. The fourth-order valence-electron chi connectivity index (χ4n) is 2.26. The van der Waals surface area contributed by atoms with E-state index in [9.17, 15) is 9.59 Å². The molecule has 1 aliphatic heterocycles. The van der Waals surface area contributed by atoms with E-state index in [1.165, 1.54) is 0 Å². The molecule has 2 aromatic rings. The summed E-state index contributed by atoms with van der Waals surface area (Å²) < 4.78 is 5.19. The maximum absolute atomic E-state index is 12.0. The van der Waals surface area contributed by atoms with E-state index in [1.807, 2.05) is 6.07 Å². The van der Waals surface area contributed by atoms with Crippen molar-refractivity contribution < 1.29 is 14.3 Å². The van der Waals surface area contributed by atoms with Crippen molar-refractivity contribution in [3.05, 3.63) is 41.0 Å². The van der Waals surface area contributed by atoms with Crippen LogP contribution in [0.1, 0.15) is 23.3 Å². The number of carbonyl (C=O) groups is 2. The summed E-state index contributed by atoms with van der Waals surface area (Å²) >= 11 is 5.92. The maximum Gasteiger partial charge on any atom is 0.357 e. The van der Waals surface area contributed by atoms with Gasteiger partial charge in [-0.15, -0.1) is 0 Å². The van der Waals surface area contributed by atoms with Crippen LogP contribution >= 0.6 is 11.6 Å². The van der Waals surface area contributed by atoms with Crippen LogP contribution in [0, 0.1) is 0 Å². The van der Waals surface area contributed by atoms with Crippen molar-refractivity contribution in [2.45, 2.75) is 18.9 Å². The lowest BCUT2D eigenvalue weighted by Gasteiger charge is -2.10. The van der Waals surface area contributed by atoms with Crippen LogP contribution in [-0.4, -0.2) is 29.5 Å². The van der Waals surface area contributed by atoms with Gasteiger partial charge in [0.2, 0.25) is 5.91 Å². The highest BCUT2D eigenvalue weighted by atomic mass is 35.5. The molecule has 1 aromatic carbocycles. The second kappa shape index (κ2) is 5.69. The monoisotopic (exact) mass is 304 g/mol. The minimum atomic E-state index is -0.502. The molecule has 5 nitrogen and oxygen atoms in total. The van der Waals surface area contributed by atoms with Gasteiger partial charge in [-0.1, -0.05) is 23.7 Å². The molecule has 1 atom stereocenters. The lowest BCUT2D eigenvalue weighted by molar-refractivity contribution is -0.119. The molecule has 1 N–H and O–H groups in total. The van der Waals surface area contributed by atoms with Crippen molar-refractivity contribution in [3.63, 3.8) is 0 Å². The molecule has 1 saturated heterocycles. The van der Waals surface area contributed by atoms with Gasteiger partial charge < -0.3 is 10.1 Å². The molecular formula is C15H13ClN2O3. The van der Waals surface area contributed by atoms with Gasteiger partial charge in [0, 0.05) is 16.8 Å². The minimum absolute atomic E-state index is 0.00507. The van der Waals surface area contributed by atoms with E-state index in [-0.39, 0.29) is 24.2 Å². The summed E-state index contributed by atoms with van der Waals surface area (Å²) in [6, 6.07) is 8.63. The Hall–Kier alpha value is -2.14. The summed E-state index contributed by atoms with van der Waals surface area (Å²) in [5.74, 6) is -0.507. The topological polar surface area (TPSA) is 68.3 Å². The Balaban J connectivity index is 1.70. The van der Waals surface area contributed by atoms with Crippen molar-refractivity contribution in [1.29, 1.82) is 0 Å². The minimum Gasteiger partial charge on any atom is -0.459 e. The Morgan fingerprint density at radius 3 is 2.95 bits per heavy atom. The highest BCUT2D eigenvalue weighted by molar-refractivity contribution is 6.31. The molecule has 21 heavy (non-hydrogen) atoms. The smallest absolute Gasteiger partial charge is 0.357 e. The van der Waals surface area contributed by atoms with Gasteiger partial charge in [-0.2, -0.15) is 0 Å². The molecule has 0 bridgehead atoms. The Morgan fingerprint density at radius 2 is 2.19 bits per heavy atom. The number of halogens is 1. The molecule has 0 unspecified atom stereocenters. The zero-order valence-electron chi connectivity index (χ0n) is 11.1. The Morgan fingerprint density at radius 1 is 1.38 bits per heavy atom. The van der Waals surface area contributed by atoms with Crippen LogP contribution in [0.3, 0.4) is 0 Å². The zero-order chi connectivity index (χ0) is 14.8. The molecule has 2 heterocycles. The van der Waals surface area contributed by atoms with Crippen LogP contribution in [-0.2, 0) is 9.53 Å². The highest BCUT2D eigenvalue weighted by Crippen LogP contribution is 2.18. The van der Waals surface area contributed by atoms with Crippen LogP contribution in [0.2, 0.25) is 5.02 Å². The summed E-state index contributed by atoms with van der Waals surface area (Å²) in [6.45, 7) is 0.167. The molecule has 0 aliphatic carbocycles. The molecule has 0 saturated carbocycles. The number of fused-ring (bicyclic) bond motifs is 1. The fraction of sp³-hybridized carbons (Fsp3) is 0.267. The second-order valence-corrected chi connectivity index (χ2v) is 5.37. The second-order valence-electron chi connectivity index (χ2n) is 4.94. The lowest BCUT2D eigenvalue weighted by atomic mass is 10.2. The van der Waals surface area contributed by atoms with Crippen molar-refractivity contribution in [2.75, 3.05) is 6.61 Å². The first-order chi connectivity index (χ1) is 10.1. The summed E-state index contributed by atoms with van der Waals surface area (Å²) in [5, 5.41) is 4.21. The van der Waals surface area contributed by atoms with E-state index in [0.29, 0.717) is 23.4 Å². The fourth-order valence-corrected chi connectivity index (χ4v) is 2.42. The first-order valence-electron chi connectivity index (χ1n) is 6.64. The maximum atomic E-state index is 12.0. The van der Waals surface area contributed by atoms with E-state index < -0.39 is 5.97 Å². The van der Waals surface area contributed by atoms with E-state index in [1.54, 1.807) is 24.3 Å². The first-order valence-corrected chi connectivity index (χ1v) is 7.02. The third-order valence-corrected chi connectivity index (χ3v) is 3.60. The van der Waals surface area contributed by atoms with Crippen LogP contribution < -0.4 is 5.32 Å². The van der Waals surface area contributed by atoms with Gasteiger partial charge in [-0.3, -0.25) is 4.79 Å². The number of benzene rings is 1. The number of aromatic nitrogens is 1. The Kier molecular flexibility index (Phi) is 3.75. The number of esters is 1. The van der Waals surface area contributed by atoms with E-state index in [0.717, 1.165) is 5.39 Å². The quantitative estimate of drug-likeness (QED) is 0.884. The SMILES string of the molecule is O=C1CC[C@H](COC(=O)c2ccc3ccc(Cl)cc3n2)N1. The predicted octanol–water partition coefficient (Wildman–Crippen LogP) is 2.32. The van der Waals surface area contributed by atoms with Crippen molar-refractivity contribution >= 4 is 34.4 Å². The molecule has 3 rings (SSSR count). The zero-order valence-corrected chi connectivity index (χ0v) is 11.9. The van der Waals surface area contributed by atoms with Crippen LogP contribution in [0.5, 0.6) is 0 Å². The van der Waals surface area contributed by atoms with Gasteiger partial charge in [0.05, 0.1) is 11.6 Å². The van der Waals surface area contributed by atoms with E-state index in [4.69, 9.17) is 16.3 Å². The van der Waals surface area contributed by atoms with Crippen LogP contribution in [0.25, 0.3) is 10.9 Å². The standard InChI is InChI=1S/C15H13ClN2O3/c16-10-3-1-9-2-5-12(18-13(9)7-10)15(20)21-8-11-4-6-14(19)17-11/h1-3,5,7,11H,4,6,8H2,(H,17,19)/t11-/m1/s1. The van der Waals surface area contributed by atoms with Crippen molar-refractivity contribution in [1.82, 2.24) is 10.3 Å². The number of rotatable bonds is 3. The van der Waals surface area contributed by atoms with Gasteiger partial charge in [0.1, 0.15) is 12.3 Å². The Labute approximate surface area is 126 Å². The van der Waals surface area contributed by atoms with Gasteiger partial charge in [0.15, 0.2) is 0 Å². The normalized spacial score (nSPS) is 17.8. The molecule has 6 heteroatoms. The molecule has 0 spiro atoms. The van der Waals surface area contributed by atoms with Gasteiger partial charge in [-0.25, -0.2) is 9.78 Å². The summed E-state index contributed by atoms with van der Waals surface area (Å²) in [4.78, 5) is 27.3. The third kappa shape index (κ3) is 3.13. The van der Waals surface area contributed by atoms with Crippen molar-refractivity contribution in [3.8, 4) is 0 Å². The van der Waals surface area contributed by atoms with Crippen molar-refractivity contribution in [2.24, 2.45) is 0 Å². The third-order valence-electron chi connectivity index (χ3n) is 3.36. The average Bonchev–Trinajstić information content (AvgIpc) is 2.89. The number of nitrogens with zero attached hydrogens (tertiary/aromatic N) is 1. The number of carbonyl (C=O) groups excluding carboxylic acids is 2. The number of ether oxygens (including phenoxy) is 1. The first kappa shape index (κ1) is 13.8. The average molecular weight is 305 g/mol. The van der Waals surface area contributed by atoms with Crippen LogP contribution in [0.15, 0.2) is 30.3 Å². The number of hydrogen-bond donors (Lipinski definition) is 1. The number of amides is 1. The predicted molar refractivity (Wildman–Crippen MR) is 78.2 cm³/mol. The highest BCUT2D eigenvalue weighted by Gasteiger charge is 2.22. The molecule has 1 amide bonds. The van der Waals surface area contributed by atoms with E-state index in [2.05, 4.69) is 10.3 Å². The summed E-state index contributed by atoms with van der Waals surface area (Å²) in [7, 11) is 0. The molecule has 1 aliphatic rings. The van der Waals surface area contributed by atoms with Gasteiger partial charge in [0.25, 0.3) is 0 Å². The number of nitrogens with one attached hydrogen (secondary N) is 1. The lowest BCUT2D eigenvalue weighted by Crippen LogP contribution is -2.30. The molecule has 1 aromatic heterocycles. The number of hydrogen-bond acceptors (Lipinski definition) is 4. The van der Waals surface area contributed by atoms with Gasteiger partial charge in [-0.05, 0) is 24.6 Å². The Bertz CT molecular complexity index is 717. The summed E-state index contributed by atoms with van der Waals surface area (Å²) in [5.41, 5.74) is 0.875. The molecule has 1 fully saturated rings. The van der Waals surface area contributed by atoms with Gasteiger partial charge >= 0.3 is 5.97 Å². The molecular weight excluding hydrogens is 292 g/mol. The summed E-state index contributed by atoms with van der Waals surface area (Å²) in [6.07, 6.45) is 1.17. The number of pyridine rings is 1.